The van der Waals surface area contributed by atoms with Gasteiger partial charge in [-0.25, -0.2) is 4.39 Å². The molecule has 0 bridgehead atoms. The molecule has 100 valence electrons. The predicted octanol–water partition coefficient (Wildman–Crippen LogP) is 2.51. The fraction of sp³-hybridized carbons (Fsp3) is 0.125. The second-order valence-electron chi connectivity index (χ2n) is 4.82. The van der Waals surface area contributed by atoms with Gasteiger partial charge in [-0.3, -0.25) is 14.9 Å². The fourth-order valence-corrected chi connectivity index (χ4v) is 2.42. The van der Waals surface area contributed by atoms with Gasteiger partial charge in [-0.15, -0.1) is 0 Å². The Balaban J connectivity index is 1.92. The van der Waals surface area contributed by atoms with Crippen molar-refractivity contribution in [2.45, 2.75) is 12.8 Å². The molecule has 3 rings (SSSR count). The largest absolute Gasteiger partial charge is 0.292 e. The maximum atomic E-state index is 13.1. The molecule has 1 fully saturated rings. The lowest BCUT2D eigenvalue weighted by atomic mass is 9.88. The van der Waals surface area contributed by atoms with Gasteiger partial charge in [-0.1, -0.05) is 30.4 Å². The first-order valence-electron chi connectivity index (χ1n) is 6.33. The summed E-state index contributed by atoms with van der Waals surface area (Å²) < 4.78 is 13.1. The molecule has 1 heterocycles. The van der Waals surface area contributed by atoms with Crippen LogP contribution in [0.15, 0.2) is 53.1 Å². The Morgan fingerprint density at radius 1 is 1.25 bits per heavy atom. The predicted molar refractivity (Wildman–Crippen MR) is 72.9 cm³/mol. The van der Waals surface area contributed by atoms with E-state index in [9.17, 15) is 14.0 Å². The zero-order valence-corrected chi connectivity index (χ0v) is 10.7. The SMILES string of the molecule is O=C1CC2=CC(=Cc3cccc(F)c3)CC=C2C(=O)N1. The van der Waals surface area contributed by atoms with E-state index >= 15 is 0 Å². The van der Waals surface area contributed by atoms with E-state index in [1.807, 2.05) is 24.3 Å². The number of halogens is 1. The summed E-state index contributed by atoms with van der Waals surface area (Å²) in [5.74, 6) is -0.908. The van der Waals surface area contributed by atoms with Crippen LogP contribution in [0.4, 0.5) is 4.39 Å². The highest BCUT2D eigenvalue weighted by Crippen LogP contribution is 2.28. The third-order valence-corrected chi connectivity index (χ3v) is 3.30. The molecule has 1 N–H and O–H groups in total. The van der Waals surface area contributed by atoms with Crippen LogP contribution in [0.2, 0.25) is 0 Å². The van der Waals surface area contributed by atoms with Crippen molar-refractivity contribution < 1.29 is 14.0 Å². The summed E-state index contributed by atoms with van der Waals surface area (Å²) in [6.45, 7) is 0. The molecule has 4 heteroatoms. The lowest BCUT2D eigenvalue weighted by Crippen LogP contribution is -2.37. The standard InChI is InChI=1S/C16H12FNO2/c17-13-3-1-2-10(8-13)6-11-4-5-14-12(7-11)9-15(19)18-16(14)20/h1-3,5-8H,4,9H2,(H,18,19,20). The second kappa shape index (κ2) is 4.89. The molecule has 2 amide bonds. The Hall–Kier alpha value is -2.49. The van der Waals surface area contributed by atoms with E-state index in [0.29, 0.717) is 12.0 Å². The van der Waals surface area contributed by atoms with Crippen molar-refractivity contribution in [1.29, 1.82) is 0 Å². The lowest BCUT2D eigenvalue weighted by molar-refractivity contribution is -0.129. The molecule has 3 nitrogen and oxygen atoms in total. The summed E-state index contributed by atoms with van der Waals surface area (Å²) in [7, 11) is 0. The number of nitrogens with one attached hydrogen (secondary N) is 1. The lowest BCUT2D eigenvalue weighted by Gasteiger charge is -2.21. The van der Waals surface area contributed by atoms with Gasteiger partial charge >= 0.3 is 0 Å². The molecule has 1 aromatic carbocycles. The van der Waals surface area contributed by atoms with Gasteiger partial charge in [0.05, 0.1) is 6.42 Å². The monoisotopic (exact) mass is 269 g/mol. The number of amides is 2. The Bertz CT molecular complexity index is 698. The molecule has 1 aromatic rings. The maximum Gasteiger partial charge on any atom is 0.257 e. The molecular formula is C16H12FNO2. The Morgan fingerprint density at radius 2 is 2.10 bits per heavy atom. The fourth-order valence-electron chi connectivity index (χ4n) is 2.42. The van der Waals surface area contributed by atoms with Crippen LogP contribution in [0.1, 0.15) is 18.4 Å². The molecular weight excluding hydrogens is 257 g/mol. The highest BCUT2D eigenvalue weighted by atomic mass is 19.1. The van der Waals surface area contributed by atoms with Crippen LogP contribution in [0.5, 0.6) is 0 Å². The minimum absolute atomic E-state index is 0.206. The van der Waals surface area contributed by atoms with Crippen molar-refractivity contribution in [3.63, 3.8) is 0 Å². The number of carbonyl (C=O) groups is 2. The van der Waals surface area contributed by atoms with Gasteiger partial charge in [0.2, 0.25) is 5.91 Å². The van der Waals surface area contributed by atoms with Crippen LogP contribution in [-0.4, -0.2) is 11.8 Å². The van der Waals surface area contributed by atoms with Crippen molar-refractivity contribution in [3.05, 3.63) is 64.5 Å². The maximum absolute atomic E-state index is 13.1. The van der Waals surface area contributed by atoms with Crippen molar-refractivity contribution in [3.8, 4) is 0 Å². The molecule has 1 saturated heterocycles. The summed E-state index contributed by atoms with van der Waals surface area (Å²) in [5, 5.41) is 2.29. The molecule has 0 atom stereocenters. The molecule has 0 aromatic heterocycles. The van der Waals surface area contributed by atoms with E-state index in [4.69, 9.17) is 0 Å². The highest BCUT2D eigenvalue weighted by molar-refractivity contribution is 6.12. The summed E-state index contributed by atoms with van der Waals surface area (Å²) in [5.41, 5.74) is 3.02. The molecule has 1 aliphatic carbocycles. The molecule has 0 unspecified atom stereocenters. The van der Waals surface area contributed by atoms with Crippen LogP contribution in [-0.2, 0) is 9.59 Å². The smallest absolute Gasteiger partial charge is 0.257 e. The van der Waals surface area contributed by atoms with Crippen LogP contribution < -0.4 is 5.32 Å². The normalized spacial score (nSPS) is 20.1. The van der Waals surface area contributed by atoms with E-state index < -0.39 is 0 Å². The number of carbonyl (C=O) groups excluding carboxylic acids is 2. The molecule has 0 radical (unpaired) electrons. The van der Waals surface area contributed by atoms with Gasteiger partial charge in [-0.05, 0) is 35.3 Å². The van der Waals surface area contributed by atoms with E-state index in [-0.39, 0.29) is 24.1 Å². The van der Waals surface area contributed by atoms with Crippen molar-refractivity contribution in [2.75, 3.05) is 0 Å². The number of piperidine rings is 1. The third kappa shape index (κ3) is 2.45. The van der Waals surface area contributed by atoms with Gasteiger partial charge in [0, 0.05) is 5.57 Å². The molecule has 20 heavy (non-hydrogen) atoms. The quantitative estimate of drug-likeness (QED) is 0.796. The van der Waals surface area contributed by atoms with Crippen LogP contribution >= 0.6 is 0 Å². The Morgan fingerprint density at radius 3 is 2.90 bits per heavy atom. The average molecular weight is 269 g/mol. The van der Waals surface area contributed by atoms with E-state index in [1.165, 1.54) is 12.1 Å². The molecule has 1 aliphatic heterocycles. The number of rotatable bonds is 1. The summed E-state index contributed by atoms with van der Waals surface area (Å²) in [6, 6.07) is 6.30. The zero-order valence-electron chi connectivity index (χ0n) is 10.7. The zero-order chi connectivity index (χ0) is 14.1. The van der Waals surface area contributed by atoms with Gasteiger partial charge in [0.15, 0.2) is 0 Å². The summed E-state index contributed by atoms with van der Waals surface area (Å²) in [6.07, 6.45) is 6.31. The number of fused-ring (bicyclic) bond motifs is 1. The Kier molecular flexibility index (Phi) is 3.06. The van der Waals surface area contributed by atoms with Crippen molar-refractivity contribution >= 4 is 17.9 Å². The molecule has 0 saturated carbocycles. The third-order valence-electron chi connectivity index (χ3n) is 3.30. The number of allylic oxidation sites excluding steroid dienone is 3. The average Bonchev–Trinajstić information content (AvgIpc) is 2.38. The van der Waals surface area contributed by atoms with E-state index in [1.54, 1.807) is 6.07 Å². The first-order valence-corrected chi connectivity index (χ1v) is 6.33. The van der Waals surface area contributed by atoms with Gasteiger partial charge in [0.1, 0.15) is 5.82 Å². The minimum atomic E-state index is -0.336. The summed E-state index contributed by atoms with van der Waals surface area (Å²) >= 11 is 0. The second-order valence-corrected chi connectivity index (χ2v) is 4.82. The van der Waals surface area contributed by atoms with Gasteiger partial charge in [-0.2, -0.15) is 0 Å². The number of hydrogen-bond acceptors (Lipinski definition) is 2. The van der Waals surface area contributed by atoms with Crippen LogP contribution in [0.25, 0.3) is 6.08 Å². The van der Waals surface area contributed by atoms with Crippen molar-refractivity contribution in [2.24, 2.45) is 0 Å². The number of imide groups is 1. The molecule has 2 aliphatic rings. The van der Waals surface area contributed by atoms with E-state index in [0.717, 1.165) is 16.7 Å². The summed E-state index contributed by atoms with van der Waals surface area (Å²) in [4.78, 5) is 23.0. The van der Waals surface area contributed by atoms with Crippen LogP contribution in [0, 0.1) is 5.82 Å². The Labute approximate surface area is 115 Å². The van der Waals surface area contributed by atoms with Crippen molar-refractivity contribution in [1.82, 2.24) is 5.32 Å². The van der Waals surface area contributed by atoms with E-state index in [2.05, 4.69) is 5.32 Å². The number of hydrogen-bond donors (Lipinski definition) is 1. The minimum Gasteiger partial charge on any atom is -0.292 e. The first kappa shape index (κ1) is 12.5. The number of benzene rings is 1. The topological polar surface area (TPSA) is 46.2 Å². The highest BCUT2D eigenvalue weighted by Gasteiger charge is 2.26. The van der Waals surface area contributed by atoms with Gasteiger partial charge in [0.25, 0.3) is 5.91 Å². The van der Waals surface area contributed by atoms with Gasteiger partial charge < -0.3 is 0 Å². The first-order chi connectivity index (χ1) is 9.61. The molecule has 0 spiro atoms. The van der Waals surface area contributed by atoms with Crippen LogP contribution in [0.3, 0.4) is 0 Å².